The molecule has 1 unspecified atom stereocenters. The van der Waals surface area contributed by atoms with Crippen LogP contribution in [0.1, 0.15) is 38.9 Å². The van der Waals surface area contributed by atoms with Crippen LogP contribution in [0.3, 0.4) is 0 Å². The van der Waals surface area contributed by atoms with E-state index in [1.54, 1.807) is 12.1 Å². The second-order valence-corrected chi connectivity index (χ2v) is 15.0. The Morgan fingerprint density at radius 1 is 0.414 bits per heavy atom. The summed E-state index contributed by atoms with van der Waals surface area (Å²) in [6.07, 6.45) is 4.00. The third-order valence-electron chi connectivity index (χ3n) is 11.8. The molecule has 0 saturated carbocycles. The van der Waals surface area contributed by atoms with Crippen LogP contribution in [0.5, 0.6) is 0 Å². The van der Waals surface area contributed by atoms with Crippen molar-refractivity contribution in [2.75, 3.05) is 0 Å². The quantitative estimate of drug-likeness (QED) is 0.136. The minimum absolute atomic E-state index is 0.456. The van der Waals surface area contributed by atoms with Gasteiger partial charge in [0.15, 0.2) is 5.66 Å². The summed E-state index contributed by atoms with van der Waals surface area (Å²) >= 11 is 0. The molecule has 1 atom stereocenters. The first-order chi connectivity index (χ1) is 28.5. The molecular formula is C53H39BN2O2. The summed E-state index contributed by atoms with van der Waals surface area (Å²) in [4.78, 5) is 5.38. The highest BCUT2D eigenvalue weighted by molar-refractivity contribution is 6.58. The van der Waals surface area contributed by atoms with Gasteiger partial charge in [0, 0.05) is 23.0 Å². The number of benzene rings is 8. The van der Waals surface area contributed by atoms with Crippen molar-refractivity contribution >= 4 is 24.5 Å². The molecule has 276 valence electrons. The van der Waals surface area contributed by atoms with Crippen molar-refractivity contribution in [2.45, 2.75) is 11.1 Å². The Morgan fingerprint density at radius 3 is 1.52 bits per heavy atom. The SMILES string of the molecule is OB(O)c1ccc(-c2ccc(C3(c4ccc5c(c4)C(c4ccccc4)(c4ccccc4)c4ccccc4-5)N=CC=C(c4ccc(-c5ccccc5)cc4)N3)cc2)cc1. The van der Waals surface area contributed by atoms with E-state index in [1.165, 1.54) is 38.9 Å². The number of nitrogens with one attached hydrogen (secondary N) is 1. The highest BCUT2D eigenvalue weighted by atomic mass is 16.4. The van der Waals surface area contributed by atoms with E-state index < -0.39 is 18.2 Å². The molecule has 1 aliphatic heterocycles. The summed E-state index contributed by atoms with van der Waals surface area (Å²) in [5, 5.41) is 23.3. The molecule has 5 heteroatoms. The third-order valence-corrected chi connectivity index (χ3v) is 11.8. The standard InChI is InChI=1S/C53H39BN2O2/c57-54(58)46-31-26-40(27-32-46)39-24-28-44(29-25-39)53(55-35-34-51(56-53)41-22-20-38(21-23-41)37-12-4-1-5-13-37)45-30-33-48-47-18-10-11-19-49(47)52(50(48)36-45,42-14-6-2-7-15-42)43-16-8-3-9-17-43/h1-36,56-58H. The van der Waals surface area contributed by atoms with Gasteiger partial charge in [-0.2, -0.15) is 0 Å². The van der Waals surface area contributed by atoms with Crippen molar-refractivity contribution in [3.8, 4) is 33.4 Å². The van der Waals surface area contributed by atoms with Gasteiger partial charge >= 0.3 is 7.12 Å². The number of allylic oxidation sites excluding steroid dienone is 1. The zero-order valence-corrected chi connectivity index (χ0v) is 31.7. The highest BCUT2D eigenvalue weighted by Gasteiger charge is 2.47. The number of fused-ring (bicyclic) bond motifs is 3. The van der Waals surface area contributed by atoms with Gasteiger partial charge in [-0.1, -0.05) is 200 Å². The molecule has 3 N–H and O–H groups in total. The first-order valence-electron chi connectivity index (χ1n) is 19.7. The molecule has 2 aliphatic rings. The van der Waals surface area contributed by atoms with Gasteiger partial charge < -0.3 is 15.4 Å². The number of nitrogens with zero attached hydrogens (tertiary/aromatic N) is 1. The molecule has 10 rings (SSSR count). The van der Waals surface area contributed by atoms with Gasteiger partial charge in [-0.05, 0) is 78.8 Å². The van der Waals surface area contributed by atoms with Gasteiger partial charge in [0.25, 0.3) is 0 Å². The van der Waals surface area contributed by atoms with E-state index in [4.69, 9.17) is 4.99 Å². The second kappa shape index (κ2) is 14.5. The molecule has 0 amide bonds. The second-order valence-electron chi connectivity index (χ2n) is 15.0. The maximum atomic E-state index is 9.67. The summed E-state index contributed by atoms with van der Waals surface area (Å²) < 4.78 is 0. The lowest BCUT2D eigenvalue weighted by Gasteiger charge is -2.38. The Labute approximate surface area is 339 Å². The molecule has 0 radical (unpaired) electrons. The molecule has 1 heterocycles. The lowest BCUT2D eigenvalue weighted by atomic mass is 9.67. The maximum Gasteiger partial charge on any atom is 0.488 e. The minimum atomic E-state index is -1.51. The van der Waals surface area contributed by atoms with Crippen molar-refractivity contribution in [2.24, 2.45) is 4.99 Å². The lowest BCUT2D eigenvalue weighted by molar-refractivity contribution is 0.426. The molecule has 8 aromatic rings. The van der Waals surface area contributed by atoms with Crippen LogP contribution in [0.4, 0.5) is 0 Å². The van der Waals surface area contributed by atoms with Crippen molar-refractivity contribution in [3.05, 3.63) is 251 Å². The van der Waals surface area contributed by atoms with E-state index in [-0.39, 0.29) is 0 Å². The van der Waals surface area contributed by atoms with Gasteiger partial charge in [0.05, 0.1) is 5.41 Å². The number of hydrogen-bond acceptors (Lipinski definition) is 4. The Balaban J connectivity index is 1.15. The predicted molar refractivity (Wildman–Crippen MR) is 238 cm³/mol. The monoisotopic (exact) mass is 746 g/mol. The average Bonchev–Trinajstić information content (AvgIpc) is 3.60. The minimum Gasteiger partial charge on any atom is -0.423 e. The highest BCUT2D eigenvalue weighted by Crippen LogP contribution is 2.57. The third kappa shape index (κ3) is 5.83. The molecule has 1 aliphatic carbocycles. The van der Waals surface area contributed by atoms with Crippen molar-refractivity contribution in [3.63, 3.8) is 0 Å². The van der Waals surface area contributed by atoms with Gasteiger partial charge in [-0.25, -0.2) is 0 Å². The predicted octanol–water partition coefficient (Wildman–Crippen LogP) is 9.98. The summed E-state index contributed by atoms with van der Waals surface area (Å²) in [6, 6.07) is 72.5. The zero-order valence-electron chi connectivity index (χ0n) is 31.7. The van der Waals surface area contributed by atoms with E-state index in [0.717, 1.165) is 39.1 Å². The molecule has 0 fully saturated rings. The van der Waals surface area contributed by atoms with Crippen LogP contribution >= 0.6 is 0 Å². The van der Waals surface area contributed by atoms with Crippen LogP contribution in [-0.2, 0) is 11.1 Å². The molecule has 4 nitrogen and oxygen atoms in total. The molecule has 0 bridgehead atoms. The number of hydrogen-bond donors (Lipinski definition) is 3. The van der Waals surface area contributed by atoms with E-state index >= 15 is 0 Å². The fraction of sp³-hybridized carbons (Fsp3) is 0.0377. The maximum absolute atomic E-state index is 9.67. The van der Waals surface area contributed by atoms with Crippen LogP contribution in [0.25, 0.3) is 39.1 Å². The molecule has 0 spiro atoms. The number of rotatable bonds is 8. The molecular weight excluding hydrogens is 707 g/mol. The largest absolute Gasteiger partial charge is 0.488 e. The summed E-state index contributed by atoms with van der Waals surface area (Å²) in [5.41, 5.74) is 14.6. The summed E-state index contributed by atoms with van der Waals surface area (Å²) in [6.45, 7) is 0. The molecule has 0 saturated heterocycles. The van der Waals surface area contributed by atoms with Crippen LogP contribution in [0, 0.1) is 0 Å². The Hall–Kier alpha value is -7.05. The van der Waals surface area contributed by atoms with Crippen LogP contribution < -0.4 is 10.8 Å². The smallest absolute Gasteiger partial charge is 0.423 e. The van der Waals surface area contributed by atoms with Gasteiger partial charge in [0.2, 0.25) is 0 Å². The summed E-state index contributed by atoms with van der Waals surface area (Å²) in [7, 11) is -1.51. The van der Waals surface area contributed by atoms with Gasteiger partial charge in [-0.3, -0.25) is 4.99 Å². The normalized spacial score (nSPS) is 16.1. The lowest BCUT2D eigenvalue weighted by Crippen LogP contribution is -2.43. The van der Waals surface area contributed by atoms with Crippen molar-refractivity contribution in [1.82, 2.24) is 5.32 Å². The van der Waals surface area contributed by atoms with Crippen LogP contribution in [0.15, 0.2) is 217 Å². The van der Waals surface area contributed by atoms with Gasteiger partial charge in [-0.15, -0.1) is 0 Å². The average molecular weight is 747 g/mol. The fourth-order valence-corrected chi connectivity index (χ4v) is 9.01. The van der Waals surface area contributed by atoms with E-state index in [0.29, 0.717) is 5.46 Å². The molecule has 58 heavy (non-hydrogen) atoms. The van der Waals surface area contributed by atoms with E-state index in [9.17, 15) is 10.0 Å². The molecule has 0 aromatic heterocycles. The molecule has 8 aromatic carbocycles. The van der Waals surface area contributed by atoms with Gasteiger partial charge in [0.1, 0.15) is 0 Å². The fourth-order valence-electron chi connectivity index (χ4n) is 9.01. The first kappa shape index (κ1) is 35.4. The van der Waals surface area contributed by atoms with E-state index in [2.05, 4.69) is 187 Å². The van der Waals surface area contributed by atoms with E-state index in [1.807, 2.05) is 24.4 Å². The van der Waals surface area contributed by atoms with Crippen LogP contribution in [-0.4, -0.2) is 23.4 Å². The van der Waals surface area contributed by atoms with Crippen LogP contribution in [0.2, 0.25) is 0 Å². The summed E-state index contributed by atoms with van der Waals surface area (Å²) in [5.74, 6) is 0. The number of aliphatic imine (C=N–C) groups is 1. The Kier molecular flexibility index (Phi) is 8.83. The first-order valence-corrected chi connectivity index (χ1v) is 19.7. The zero-order chi connectivity index (χ0) is 39.1. The Morgan fingerprint density at radius 2 is 0.897 bits per heavy atom. The topological polar surface area (TPSA) is 64.8 Å². The van der Waals surface area contributed by atoms with Crippen molar-refractivity contribution < 1.29 is 10.0 Å². The van der Waals surface area contributed by atoms with Crippen molar-refractivity contribution in [1.29, 1.82) is 0 Å². The Bertz CT molecular complexity index is 2760.